The molecule has 0 aromatic heterocycles. The summed E-state index contributed by atoms with van der Waals surface area (Å²) in [5, 5.41) is 0. The highest BCUT2D eigenvalue weighted by Crippen LogP contribution is 2.07. The second kappa shape index (κ2) is 21.5. The van der Waals surface area contributed by atoms with Crippen molar-refractivity contribution in [3.05, 3.63) is 35.4 Å². The average molecular weight is 487 g/mol. The van der Waals surface area contributed by atoms with Crippen LogP contribution in [0.5, 0.6) is 0 Å². The maximum absolute atomic E-state index is 12.1. The van der Waals surface area contributed by atoms with E-state index in [4.69, 9.17) is 37.9 Å². The molecular formula is C24H38O10. The summed E-state index contributed by atoms with van der Waals surface area (Å²) in [4.78, 5) is 24.1. The van der Waals surface area contributed by atoms with Crippen LogP contribution in [-0.2, 0) is 37.9 Å². The molecule has 1 aromatic carbocycles. The van der Waals surface area contributed by atoms with Crippen LogP contribution in [0.1, 0.15) is 34.6 Å². The van der Waals surface area contributed by atoms with E-state index in [1.165, 1.54) is 24.3 Å². The van der Waals surface area contributed by atoms with Gasteiger partial charge in [0.25, 0.3) is 0 Å². The number of rotatable bonds is 22. The zero-order valence-electron chi connectivity index (χ0n) is 20.3. The molecule has 0 heterocycles. The van der Waals surface area contributed by atoms with Crippen molar-refractivity contribution in [1.29, 1.82) is 0 Å². The van der Waals surface area contributed by atoms with Gasteiger partial charge in [-0.15, -0.1) is 0 Å². The van der Waals surface area contributed by atoms with Crippen LogP contribution in [0.25, 0.3) is 0 Å². The van der Waals surface area contributed by atoms with Crippen LogP contribution in [0.4, 0.5) is 0 Å². The van der Waals surface area contributed by atoms with Gasteiger partial charge in [0.15, 0.2) is 0 Å². The smallest absolute Gasteiger partial charge is 0.338 e. The molecule has 10 heteroatoms. The van der Waals surface area contributed by atoms with E-state index in [-0.39, 0.29) is 26.4 Å². The molecule has 0 radical (unpaired) electrons. The topological polar surface area (TPSA) is 108 Å². The predicted molar refractivity (Wildman–Crippen MR) is 123 cm³/mol. The Labute approximate surface area is 201 Å². The minimum Gasteiger partial charge on any atom is -0.460 e. The van der Waals surface area contributed by atoms with Crippen molar-refractivity contribution in [3.8, 4) is 0 Å². The lowest BCUT2D eigenvalue weighted by atomic mass is 10.1. The van der Waals surface area contributed by atoms with Crippen LogP contribution in [0.3, 0.4) is 0 Å². The van der Waals surface area contributed by atoms with E-state index in [1.54, 1.807) is 0 Å². The highest BCUT2D eigenvalue weighted by Gasteiger charge is 2.11. The molecule has 0 amide bonds. The number of carbonyl (C=O) groups excluding carboxylic acids is 2. The molecule has 0 bridgehead atoms. The lowest BCUT2D eigenvalue weighted by Gasteiger charge is -2.08. The van der Waals surface area contributed by atoms with Crippen LogP contribution in [0.15, 0.2) is 24.3 Å². The van der Waals surface area contributed by atoms with Crippen LogP contribution in [0, 0.1) is 0 Å². The van der Waals surface area contributed by atoms with Crippen molar-refractivity contribution < 1.29 is 47.5 Å². The van der Waals surface area contributed by atoms with Gasteiger partial charge in [0, 0.05) is 13.2 Å². The summed E-state index contributed by atoms with van der Waals surface area (Å²) < 4.78 is 41.9. The Morgan fingerprint density at radius 2 is 0.735 bits per heavy atom. The predicted octanol–water partition coefficient (Wildman–Crippen LogP) is 2.14. The van der Waals surface area contributed by atoms with Crippen LogP contribution < -0.4 is 0 Å². The SMILES string of the molecule is CCOCCOCCOCCOC(=O)c1ccc(C(=O)OCCOCCOCCOCC)cc1. The summed E-state index contributed by atoms with van der Waals surface area (Å²) in [7, 11) is 0. The second-order valence-corrected chi connectivity index (χ2v) is 6.69. The molecule has 0 atom stereocenters. The summed E-state index contributed by atoms with van der Waals surface area (Å²) in [6.07, 6.45) is 0. The van der Waals surface area contributed by atoms with Crippen LogP contribution in [-0.4, -0.2) is 104 Å². The number of ether oxygens (including phenoxy) is 8. The first-order valence-electron chi connectivity index (χ1n) is 11.6. The van der Waals surface area contributed by atoms with Gasteiger partial charge in [0.05, 0.1) is 77.2 Å². The molecular weight excluding hydrogens is 448 g/mol. The van der Waals surface area contributed by atoms with Gasteiger partial charge in [-0.05, 0) is 38.1 Å². The zero-order chi connectivity index (χ0) is 24.7. The van der Waals surface area contributed by atoms with Crippen molar-refractivity contribution in [2.24, 2.45) is 0 Å². The fraction of sp³-hybridized carbons (Fsp3) is 0.667. The molecule has 0 spiro atoms. The Kier molecular flexibility index (Phi) is 18.9. The lowest BCUT2D eigenvalue weighted by molar-refractivity contribution is 0.00156. The number of hydrogen-bond acceptors (Lipinski definition) is 10. The third-order valence-corrected chi connectivity index (χ3v) is 4.17. The first-order chi connectivity index (χ1) is 16.7. The fourth-order valence-corrected chi connectivity index (χ4v) is 2.46. The molecule has 0 aliphatic carbocycles. The Bertz CT molecular complexity index is 580. The summed E-state index contributed by atoms with van der Waals surface area (Å²) >= 11 is 0. The van der Waals surface area contributed by atoms with Gasteiger partial charge in [-0.3, -0.25) is 0 Å². The molecule has 1 rings (SSSR count). The first kappa shape index (κ1) is 30.0. The third-order valence-electron chi connectivity index (χ3n) is 4.17. The standard InChI is InChI=1S/C24H38O10/c1-3-27-9-11-29-13-15-31-17-19-33-23(25)21-5-7-22(8-6-21)24(26)34-20-18-32-16-14-30-12-10-28-4-2/h5-8H,3-4,9-20H2,1-2H3. The molecule has 34 heavy (non-hydrogen) atoms. The zero-order valence-corrected chi connectivity index (χ0v) is 20.3. The Balaban J connectivity index is 2.08. The van der Waals surface area contributed by atoms with Gasteiger partial charge in [0.1, 0.15) is 13.2 Å². The third kappa shape index (κ3) is 15.7. The van der Waals surface area contributed by atoms with Crippen molar-refractivity contribution >= 4 is 11.9 Å². The van der Waals surface area contributed by atoms with Gasteiger partial charge in [0.2, 0.25) is 0 Å². The van der Waals surface area contributed by atoms with Crippen LogP contribution >= 0.6 is 0 Å². The Hall–Kier alpha value is -2.08. The van der Waals surface area contributed by atoms with E-state index in [1.807, 2.05) is 13.8 Å². The van der Waals surface area contributed by atoms with Gasteiger partial charge < -0.3 is 37.9 Å². The summed E-state index contributed by atoms with van der Waals surface area (Å²) in [6.45, 7) is 9.87. The van der Waals surface area contributed by atoms with Crippen molar-refractivity contribution in [2.75, 3.05) is 92.5 Å². The van der Waals surface area contributed by atoms with Crippen molar-refractivity contribution in [2.45, 2.75) is 13.8 Å². The number of esters is 2. The molecule has 0 saturated heterocycles. The molecule has 0 unspecified atom stereocenters. The summed E-state index contributed by atoms with van der Waals surface area (Å²) in [5.41, 5.74) is 0.673. The summed E-state index contributed by atoms with van der Waals surface area (Å²) in [6, 6.07) is 6.06. The minimum absolute atomic E-state index is 0.124. The molecule has 0 fully saturated rings. The van der Waals surface area contributed by atoms with Crippen molar-refractivity contribution in [1.82, 2.24) is 0 Å². The lowest BCUT2D eigenvalue weighted by Crippen LogP contribution is -2.15. The van der Waals surface area contributed by atoms with Gasteiger partial charge >= 0.3 is 11.9 Å². The van der Waals surface area contributed by atoms with E-state index >= 15 is 0 Å². The Morgan fingerprint density at radius 1 is 0.471 bits per heavy atom. The number of hydrogen-bond donors (Lipinski definition) is 0. The highest BCUT2D eigenvalue weighted by molar-refractivity contribution is 5.93. The normalized spacial score (nSPS) is 10.9. The molecule has 0 N–H and O–H groups in total. The van der Waals surface area contributed by atoms with Crippen molar-refractivity contribution in [3.63, 3.8) is 0 Å². The van der Waals surface area contributed by atoms with E-state index < -0.39 is 11.9 Å². The maximum atomic E-state index is 12.1. The van der Waals surface area contributed by atoms with Gasteiger partial charge in [-0.25, -0.2) is 9.59 Å². The number of carbonyl (C=O) groups is 2. The maximum Gasteiger partial charge on any atom is 0.338 e. The largest absolute Gasteiger partial charge is 0.460 e. The molecule has 194 valence electrons. The quantitative estimate of drug-likeness (QED) is 0.179. The summed E-state index contributed by atoms with van der Waals surface area (Å²) in [5.74, 6) is -0.985. The minimum atomic E-state index is -0.492. The number of benzene rings is 1. The van der Waals surface area contributed by atoms with E-state index in [9.17, 15) is 9.59 Å². The molecule has 1 aromatic rings. The molecule has 10 nitrogen and oxygen atoms in total. The van der Waals surface area contributed by atoms with Crippen LogP contribution in [0.2, 0.25) is 0 Å². The fourth-order valence-electron chi connectivity index (χ4n) is 2.46. The van der Waals surface area contributed by atoms with Gasteiger partial charge in [-0.2, -0.15) is 0 Å². The monoisotopic (exact) mass is 486 g/mol. The molecule has 0 aliphatic rings. The second-order valence-electron chi connectivity index (χ2n) is 6.69. The molecule has 0 aliphatic heterocycles. The molecule has 0 saturated carbocycles. The first-order valence-corrected chi connectivity index (χ1v) is 11.6. The van der Waals surface area contributed by atoms with E-state index in [2.05, 4.69) is 0 Å². The van der Waals surface area contributed by atoms with E-state index in [0.29, 0.717) is 77.2 Å². The average Bonchev–Trinajstić information content (AvgIpc) is 2.86. The van der Waals surface area contributed by atoms with E-state index in [0.717, 1.165) is 0 Å². The highest BCUT2D eigenvalue weighted by atomic mass is 16.6. The Morgan fingerprint density at radius 3 is 1.03 bits per heavy atom. The van der Waals surface area contributed by atoms with Gasteiger partial charge in [-0.1, -0.05) is 0 Å².